The molecule has 0 radical (unpaired) electrons. The minimum atomic E-state index is -1.62. The van der Waals surface area contributed by atoms with Crippen molar-refractivity contribution in [3.63, 3.8) is 0 Å². The van der Waals surface area contributed by atoms with E-state index in [9.17, 15) is 0 Å². The predicted octanol–water partition coefficient (Wildman–Crippen LogP) is -4.56. The highest BCUT2D eigenvalue weighted by molar-refractivity contribution is 5.78. The van der Waals surface area contributed by atoms with E-state index in [4.69, 9.17) is 34.6 Å². The zero-order valence-electron chi connectivity index (χ0n) is 6.38. The summed E-state index contributed by atoms with van der Waals surface area (Å²) in [5, 5.41) is 1.72. The van der Waals surface area contributed by atoms with E-state index in [1.165, 1.54) is 0 Å². The Morgan fingerprint density at radius 3 is 2.33 bits per heavy atom. The third-order valence-corrected chi connectivity index (χ3v) is 1.60. The molecule has 1 heterocycles. The van der Waals surface area contributed by atoms with Crippen LogP contribution >= 0.6 is 0 Å². The standard InChI is InChI=1S/C3H13N9/c4-1-10-2(5)12(9)3(6,7)11(1)8/h1H,4,6-9H2,(H2,5,10). The molecule has 1 aliphatic heterocycles. The molecule has 0 aromatic carbocycles. The summed E-state index contributed by atoms with van der Waals surface area (Å²) in [5.74, 6) is 9.06. The van der Waals surface area contributed by atoms with E-state index < -0.39 is 12.2 Å². The summed E-state index contributed by atoms with van der Waals surface area (Å²) >= 11 is 0. The molecule has 0 aliphatic carbocycles. The van der Waals surface area contributed by atoms with Crippen LogP contribution in [0.5, 0.6) is 0 Å². The lowest BCUT2D eigenvalue weighted by Gasteiger charge is -2.45. The van der Waals surface area contributed by atoms with Gasteiger partial charge in [-0.1, -0.05) is 0 Å². The molecule has 12 heavy (non-hydrogen) atoms. The van der Waals surface area contributed by atoms with Crippen LogP contribution in [0.15, 0.2) is 4.99 Å². The third-order valence-electron chi connectivity index (χ3n) is 1.60. The molecule has 0 spiro atoms. The van der Waals surface area contributed by atoms with Crippen molar-refractivity contribution in [3.8, 4) is 0 Å². The van der Waals surface area contributed by atoms with Crippen molar-refractivity contribution < 1.29 is 0 Å². The van der Waals surface area contributed by atoms with Crippen molar-refractivity contribution in [3.05, 3.63) is 0 Å². The molecule has 1 rings (SSSR count). The molecule has 9 nitrogen and oxygen atoms in total. The summed E-state index contributed by atoms with van der Waals surface area (Å²) in [6.45, 7) is 0. The molecule has 0 saturated carbocycles. The molecule has 1 unspecified atom stereocenters. The van der Waals surface area contributed by atoms with Gasteiger partial charge in [-0.15, -0.1) is 0 Å². The van der Waals surface area contributed by atoms with Crippen LogP contribution in [0.1, 0.15) is 0 Å². The Labute approximate surface area is 68.9 Å². The maximum atomic E-state index is 5.48. The normalized spacial score (nSPS) is 30.2. The fourth-order valence-electron chi connectivity index (χ4n) is 0.780. The Bertz CT molecular complexity index is 208. The summed E-state index contributed by atoms with van der Waals surface area (Å²) < 4.78 is 0. The second kappa shape index (κ2) is 2.52. The van der Waals surface area contributed by atoms with Crippen LogP contribution in [0.25, 0.3) is 0 Å². The van der Waals surface area contributed by atoms with Crippen molar-refractivity contribution in [2.24, 2.45) is 39.6 Å². The average Bonchev–Trinajstić information content (AvgIpc) is 1.99. The predicted molar refractivity (Wildman–Crippen MR) is 42.8 cm³/mol. The SMILES string of the molecule is NC1=NC(N)N(N)C(N)(N)N1N. The summed E-state index contributed by atoms with van der Waals surface area (Å²) in [6.07, 6.45) is -0.889. The first-order valence-electron chi connectivity index (χ1n) is 3.13. The number of hydrogen-bond donors (Lipinski definition) is 6. The lowest BCUT2D eigenvalue weighted by Crippen LogP contribution is -2.83. The number of rotatable bonds is 0. The Kier molecular flexibility index (Phi) is 1.91. The molecule has 1 aliphatic rings. The minimum Gasteiger partial charge on any atom is -0.369 e. The monoisotopic (exact) mass is 175 g/mol. The number of nitrogens with zero attached hydrogens (tertiary/aromatic N) is 3. The Morgan fingerprint density at radius 1 is 1.33 bits per heavy atom. The van der Waals surface area contributed by atoms with E-state index in [2.05, 4.69) is 4.99 Å². The Balaban J connectivity index is 3.00. The van der Waals surface area contributed by atoms with Gasteiger partial charge in [0.25, 0.3) is 0 Å². The number of hydrazine groups is 2. The highest BCUT2D eigenvalue weighted by Gasteiger charge is 2.40. The van der Waals surface area contributed by atoms with E-state index in [-0.39, 0.29) is 5.96 Å². The van der Waals surface area contributed by atoms with Gasteiger partial charge in [0, 0.05) is 0 Å². The molecule has 0 saturated heterocycles. The van der Waals surface area contributed by atoms with E-state index in [1.807, 2.05) is 0 Å². The second-order valence-electron chi connectivity index (χ2n) is 2.46. The Morgan fingerprint density at radius 2 is 1.83 bits per heavy atom. The summed E-state index contributed by atoms with van der Waals surface area (Å²) in [7, 11) is 0. The van der Waals surface area contributed by atoms with Crippen LogP contribution in [-0.2, 0) is 0 Å². The zero-order chi connectivity index (χ0) is 9.52. The molecule has 12 N–H and O–H groups in total. The van der Waals surface area contributed by atoms with Gasteiger partial charge in [0.1, 0.15) is 0 Å². The highest BCUT2D eigenvalue weighted by atomic mass is 15.8. The van der Waals surface area contributed by atoms with Crippen molar-refractivity contribution in [2.75, 3.05) is 0 Å². The van der Waals surface area contributed by atoms with E-state index in [0.717, 1.165) is 10.0 Å². The first-order valence-corrected chi connectivity index (χ1v) is 3.13. The molecule has 1 atom stereocenters. The van der Waals surface area contributed by atoms with Gasteiger partial charge in [-0.05, 0) is 0 Å². The van der Waals surface area contributed by atoms with E-state index in [1.54, 1.807) is 0 Å². The van der Waals surface area contributed by atoms with Crippen LogP contribution in [0, 0.1) is 0 Å². The summed E-state index contributed by atoms with van der Waals surface area (Å²) in [5.41, 5.74) is 21.7. The zero-order valence-corrected chi connectivity index (χ0v) is 6.38. The maximum Gasteiger partial charge on any atom is 0.234 e. The van der Waals surface area contributed by atoms with Crippen molar-refractivity contribution in [2.45, 2.75) is 12.2 Å². The molecule has 0 bridgehead atoms. The molecule has 70 valence electrons. The van der Waals surface area contributed by atoms with Crippen LogP contribution < -0.4 is 34.6 Å². The first-order chi connectivity index (χ1) is 5.37. The number of aliphatic imine (C=N–C) groups is 1. The summed E-state index contributed by atoms with van der Waals surface area (Å²) in [6, 6.07) is 0. The number of hydrogen-bond acceptors (Lipinski definition) is 9. The quantitative estimate of drug-likeness (QED) is 0.157. The van der Waals surface area contributed by atoms with Gasteiger partial charge in [-0.3, -0.25) is 23.0 Å². The van der Waals surface area contributed by atoms with Crippen molar-refractivity contribution in [1.82, 2.24) is 10.0 Å². The van der Waals surface area contributed by atoms with Gasteiger partial charge in [-0.25, -0.2) is 15.8 Å². The smallest absolute Gasteiger partial charge is 0.234 e. The van der Waals surface area contributed by atoms with Gasteiger partial charge in [-0.2, -0.15) is 5.01 Å². The molecule has 0 fully saturated rings. The van der Waals surface area contributed by atoms with E-state index in [0.29, 0.717) is 0 Å². The molecule has 0 aromatic rings. The number of nitrogens with two attached hydrogens (primary N) is 6. The lowest BCUT2D eigenvalue weighted by atomic mass is 10.5. The lowest BCUT2D eigenvalue weighted by molar-refractivity contribution is -0.0545. The molecular formula is C3H13N9. The minimum absolute atomic E-state index is 0.0609. The Hall–Kier alpha value is -0.970. The third kappa shape index (κ3) is 1.10. The highest BCUT2D eigenvalue weighted by Crippen LogP contribution is 2.08. The molecule has 0 aromatic heterocycles. The first kappa shape index (κ1) is 9.12. The maximum absolute atomic E-state index is 5.48. The fourth-order valence-corrected chi connectivity index (χ4v) is 0.780. The van der Waals surface area contributed by atoms with Crippen LogP contribution in [0.2, 0.25) is 0 Å². The second-order valence-corrected chi connectivity index (χ2v) is 2.46. The fraction of sp³-hybridized carbons (Fsp3) is 0.667. The van der Waals surface area contributed by atoms with Crippen molar-refractivity contribution >= 4 is 5.96 Å². The largest absolute Gasteiger partial charge is 0.369 e. The molecular weight excluding hydrogens is 162 g/mol. The van der Waals surface area contributed by atoms with Gasteiger partial charge >= 0.3 is 0 Å². The topological polar surface area (TPSA) is 175 Å². The van der Waals surface area contributed by atoms with Gasteiger partial charge in [0.05, 0.1) is 0 Å². The molecule has 0 amide bonds. The van der Waals surface area contributed by atoms with Gasteiger partial charge in [0.15, 0.2) is 6.29 Å². The van der Waals surface area contributed by atoms with Crippen LogP contribution in [0.3, 0.4) is 0 Å². The van der Waals surface area contributed by atoms with Crippen molar-refractivity contribution in [1.29, 1.82) is 0 Å². The average molecular weight is 175 g/mol. The summed E-state index contributed by atoms with van der Waals surface area (Å²) in [4.78, 5) is 3.65. The van der Waals surface area contributed by atoms with Gasteiger partial charge in [0.2, 0.25) is 11.9 Å². The van der Waals surface area contributed by atoms with Crippen LogP contribution in [-0.4, -0.2) is 28.2 Å². The number of guanidine groups is 1. The van der Waals surface area contributed by atoms with E-state index >= 15 is 0 Å². The van der Waals surface area contributed by atoms with Gasteiger partial charge < -0.3 is 5.73 Å². The molecule has 9 heteroatoms. The van der Waals surface area contributed by atoms with Crippen LogP contribution in [0.4, 0.5) is 0 Å².